The van der Waals surface area contributed by atoms with Crippen LogP contribution in [-0.2, 0) is 25.6 Å². The van der Waals surface area contributed by atoms with Gasteiger partial charge in [-0.05, 0) is 62.0 Å². The molecule has 3 heterocycles. The number of nitrogens with zero attached hydrogens (tertiary/aromatic N) is 4. The Morgan fingerprint density at radius 1 is 0.969 bits per heavy atom. The summed E-state index contributed by atoms with van der Waals surface area (Å²) in [6.45, 7) is 6.82. The minimum absolute atomic E-state index is 0.0215. The monoisotopic (exact) mass is 442 g/mol. The molecule has 1 aromatic carbocycles. The SMILES string of the molecule is CCN(CC)Cc1[nH]nc2ccc3nc(-c4cn[nH]c4C(F)(F)F)c4c(c3c12)CCCC4. The van der Waals surface area contributed by atoms with Gasteiger partial charge in [0, 0.05) is 17.3 Å². The summed E-state index contributed by atoms with van der Waals surface area (Å²) in [6, 6.07) is 3.76. The van der Waals surface area contributed by atoms with Crippen molar-refractivity contribution in [2.75, 3.05) is 13.1 Å². The smallest absolute Gasteiger partial charge is 0.298 e. The third kappa shape index (κ3) is 3.35. The second-order valence-electron chi connectivity index (χ2n) is 8.30. The second kappa shape index (κ2) is 7.88. The highest BCUT2D eigenvalue weighted by Crippen LogP contribution is 2.42. The molecule has 1 aliphatic rings. The van der Waals surface area contributed by atoms with E-state index in [-0.39, 0.29) is 5.56 Å². The zero-order chi connectivity index (χ0) is 22.5. The third-order valence-corrected chi connectivity index (χ3v) is 6.52. The molecule has 168 valence electrons. The van der Waals surface area contributed by atoms with Crippen LogP contribution in [0.3, 0.4) is 0 Å². The molecular weight excluding hydrogens is 417 g/mol. The van der Waals surface area contributed by atoms with Gasteiger partial charge in [-0.15, -0.1) is 0 Å². The fourth-order valence-corrected chi connectivity index (χ4v) is 4.88. The minimum atomic E-state index is -4.52. The van der Waals surface area contributed by atoms with Crippen molar-refractivity contribution in [3.63, 3.8) is 0 Å². The molecule has 0 saturated carbocycles. The Hall–Kier alpha value is -2.94. The van der Waals surface area contributed by atoms with Gasteiger partial charge in [-0.3, -0.25) is 15.1 Å². The molecule has 0 radical (unpaired) electrons. The largest absolute Gasteiger partial charge is 0.433 e. The van der Waals surface area contributed by atoms with Gasteiger partial charge in [-0.1, -0.05) is 13.8 Å². The molecule has 32 heavy (non-hydrogen) atoms. The molecule has 4 aromatic rings. The van der Waals surface area contributed by atoms with E-state index in [1.807, 2.05) is 12.1 Å². The Labute approximate surface area is 183 Å². The summed E-state index contributed by atoms with van der Waals surface area (Å²) >= 11 is 0. The highest BCUT2D eigenvalue weighted by atomic mass is 19.4. The molecule has 3 aromatic heterocycles. The van der Waals surface area contributed by atoms with E-state index in [2.05, 4.69) is 39.1 Å². The molecule has 1 aliphatic carbocycles. The fourth-order valence-electron chi connectivity index (χ4n) is 4.88. The summed E-state index contributed by atoms with van der Waals surface area (Å²) < 4.78 is 40.8. The summed E-state index contributed by atoms with van der Waals surface area (Å²) in [5.41, 5.74) is 4.15. The van der Waals surface area contributed by atoms with Crippen molar-refractivity contribution in [2.24, 2.45) is 0 Å². The van der Waals surface area contributed by atoms with Crippen molar-refractivity contribution in [1.82, 2.24) is 30.3 Å². The summed E-state index contributed by atoms with van der Waals surface area (Å²) in [7, 11) is 0. The zero-order valence-corrected chi connectivity index (χ0v) is 18.1. The number of aromatic nitrogens is 5. The van der Waals surface area contributed by atoms with Crippen LogP contribution < -0.4 is 0 Å². The van der Waals surface area contributed by atoms with Gasteiger partial charge < -0.3 is 0 Å². The van der Waals surface area contributed by atoms with Gasteiger partial charge in [-0.2, -0.15) is 23.4 Å². The Balaban J connectivity index is 1.79. The van der Waals surface area contributed by atoms with E-state index in [1.54, 1.807) is 0 Å². The van der Waals surface area contributed by atoms with Crippen LogP contribution in [0.25, 0.3) is 33.1 Å². The standard InChI is InChI=1S/C23H25F3N6/c1-3-32(4-2)12-18-20-17(29-30-18)10-9-16-19(20)13-7-5-6-8-14(13)21(28-16)15-11-27-31-22(15)23(24,25)26/h9-11H,3-8,12H2,1-2H3,(H,27,31)(H,29,30). The van der Waals surface area contributed by atoms with E-state index in [4.69, 9.17) is 4.98 Å². The molecule has 0 bridgehead atoms. The summed E-state index contributed by atoms with van der Waals surface area (Å²) in [5.74, 6) is 0. The van der Waals surface area contributed by atoms with Crippen LogP contribution in [-0.4, -0.2) is 43.4 Å². The van der Waals surface area contributed by atoms with Crippen molar-refractivity contribution >= 4 is 21.8 Å². The Bertz CT molecular complexity index is 1280. The number of H-pyrrole nitrogens is 2. The normalized spacial score (nSPS) is 14.6. The van der Waals surface area contributed by atoms with Crippen molar-refractivity contribution in [3.05, 3.63) is 40.8 Å². The first-order chi connectivity index (χ1) is 15.4. The number of nitrogens with one attached hydrogen (secondary N) is 2. The van der Waals surface area contributed by atoms with E-state index in [0.29, 0.717) is 17.6 Å². The van der Waals surface area contributed by atoms with Crippen molar-refractivity contribution in [2.45, 2.75) is 52.3 Å². The van der Waals surface area contributed by atoms with E-state index in [0.717, 1.165) is 72.0 Å². The Morgan fingerprint density at radius 3 is 2.41 bits per heavy atom. The van der Waals surface area contributed by atoms with Gasteiger partial charge in [0.05, 0.1) is 34.2 Å². The summed E-state index contributed by atoms with van der Waals surface area (Å²) in [6.07, 6.45) is 0.178. The number of pyridine rings is 1. The minimum Gasteiger partial charge on any atom is -0.298 e. The van der Waals surface area contributed by atoms with E-state index in [1.165, 1.54) is 6.20 Å². The molecule has 6 nitrogen and oxygen atoms in total. The number of hydrogen-bond donors (Lipinski definition) is 2. The second-order valence-corrected chi connectivity index (χ2v) is 8.30. The number of fused-ring (bicyclic) bond motifs is 5. The van der Waals surface area contributed by atoms with Crippen LogP contribution >= 0.6 is 0 Å². The molecule has 0 spiro atoms. The molecule has 9 heteroatoms. The van der Waals surface area contributed by atoms with Crippen LogP contribution in [0.4, 0.5) is 13.2 Å². The van der Waals surface area contributed by atoms with E-state index in [9.17, 15) is 13.2 Å². The summed E-state index contributed by atoms with van der Waals surface area (Å²) in [4.78, 5) is 7.09. The highest BCUT2D eigenvalue weighted by molar-refractivity contribution is 6.09. The predicted molar refractivity (Wildman–Crippen MR) is 117 cm³/mol. The highest BCUT2D eigenvalue weighted by Gasteiger charge is 2.37. The zero-order valence-electron chi connectivity index (χ0n) is 18.1. The molecule has 0 saturated heterocycles. The molecule has 0 aliphatic heterocycles. The van der Waals surface area contributed by atoms with Crippen molar-refractivity contribution in [3.8, 4) is 11.3 Å². The number of benzene rings is 1. The number of aryl methyl sites for hydroxylation is 1. The third-order valence-electron chi connectivity index (χ3n) is 6.52. The van der Waals surface area contributed by atoms with Crippen LogP contribution in [0.2, 0.25) is 0 Å². The number of halogens is 3. The quantitative estimate of drug-likeness (QED) is 0.443. The van der Waals surface area contributed by atoms with Gasteiger partial charge >= 0.3 is 6.18 Å². The van der Waals surface area contributed by atoms with Gasteiger partial charge in [0.15, 0.2) is 0 Å². The summed E-state index contributed by atoms with van der Waals surface area (Å²) in [5, 5.41) is 15.6. The molecule has 0 amide bonds. The van der Waals surface area contributed by atoms with Gasteiger partial charge in [0.1, 0.15) is 5.69 Å². The lowest BCUT2D eigenvalue weighted by molar-refractivity contribution is -0.140. The first-order valence-electron chi connectivity index (χ1n) is 11.1. The van der Waals surface area contributed by atoms with Gasteiger partial charge in [0.2, 0.25) is 0 Å². The number of alkyl halides is 3. The molecule has 5 rings (SSSR count). The van der Waals surface area contributed by atoms with Crippen molar-refractivity contribution < 1.29 is 13.2 Å². The number of rotatable bonds is 5. The molecule has 0 fully saturated rings. The van der Waals surface area contributed by atoms with Gasteiger partial charge in [-0.25, -0.2) is 4.98 Å². The number of hydrogen-bond acceptors (Lipinski definition) is 4. The molecular formula is C23H25F3N6. The average molecular weight is 442 g/mol. The lowest BCUT2D eigenvalue weighted by Crippen LogP contribution is -2.22. The maximum atomic E-state index is 13.6. The molecule has 0 unspecified atom stereocenters. The lowest BCUT2D eigenvalue weighted by Gasteiger charge is -2.22. The lowest BCUT2D eigenvalue weighted by atomic mass is 9.85. The molecule has 0 atom stereocenters. The predicted octanol–water partition coefficient (Wildman–Crippen LogP) is 5.24. The molecule has 2 N–H and O–H groups in total. The fraction of sp³-hybridized carbons (Fsp3) is 0.435. The average Bonchev–Trinajstić information content (AvgIpc) is 3.44. The van der Waals surface area contributed by atoms with E-state index >= 15 is 0 Å². The van der Waals surface area contributed by atoms with Crippen LogP contribution in [0, 0.1) is 0 Å². The topological polar surface area (TPSA) is 73.5 Å². The Kier molecular flexibility index (Phi) is 5.16. The first kappa shape index (κ1) is 20.9. The maximum Gasteiger partial charge on any atom is 0.433 e. The van der Waals surface area contributed by atoms with E-state index < -0.39 is 11.9 Å². The van der Waals surface area contributed by atoms with Crippen LogP contribution in [0.15, 0.2) is 18.3 Å². The van der Waals surface area contributed by atoms with Crippen LogP contribution in [0.1, 0.15) is 49.2 Å². The van der Waals surface area contributed by atoms with Gasteiger partial charge in [0.25, 0.3) is 0 Å². The number of aromatic amines is 2. The van der Waals surface area contributed by atoms with Crippen molar-refractivity contribution in [1.29, 1.82) is 0 Å². The maximum absolute atomic E-state index is 13.6. The first-order valence-corrected chi connectivity index (χ1v) is 11.1. The van der Waals surface area contributed by atoms with Crippen LogP contribution in [0.5, 0.6) is 0 Å². The Morgan fingerprint density at radius 2 is 1.69 bits per heavy atom.